The predicted octanol–water partition coefficient (Wildman–Crippen LogP) is 2.11. The first-order valence-corrected chi connectivity index (χ1v) is 6.45. The standard InChI is InChI=1S/C13H19ClN2O/c1-11(15-16-6-8-17-9-7-16)10-12-2-4-13(14)5-3-12/h2-5,11,15H,6-10H2,1H3. The molecule has 0 bridgehead atoms. The molecule has 1 aromatic carbocycles. The maximum absolute atomic E-state index is 5.87. The zero-order valence-electron chi connectivity index (χ0n) is 10.2. The van der Waals surface area contributed by atoms with Crippen LogP contribution in [-0.2, 0) is 11.2 Å². The highest BCUT2D eigenvalue weighted by Crippen LogP contribution is 2.11. The Labute approximate surface area is 108 Å². The highest BCUT2D eigenvalue weighted by Gasteiger charge is 2.12. The number of halogens is 1. The SMILES string of the molecule is CC(Cc1ccc(Cl)cc1)NN1CCOCC1. The highest BCUT2D eigenvalue weighted by molar-refractivity contribution is 6.30. The second-order valence-corrected chi connectivity index (χ2v) is 4.90. The van der Waals surface area contributed by atoms with Crippen LogP contribution >= 0.6 is 11.6 Å². The first-order valence-electron chi connectivity index (χ1n) is 6.07. The predicted molar refractivity (Wildman–Crippen MR) is 70.1 cm³/mol. The van der Waals surface area contributed by atoms with Crippen LogP contribution in [0.15, 0.2) is 24.3 Å². The second-order valence-electron chi connectivity index (χ2n) is 4.46. The average Bonchev–Trinajstić information content (AvgIpc) is 2.33. The van der Waals surface area contributed by atoms with Crippen molar-refractivity contribution in [2.24, 2.45) is 0 Å². The van der Waals surface area contributed by atoms with Gasteiger partial charge in [0.1, 0.15) is 0 Å². The molecule has 0 amide bonds. The molecule has 1 aliphatic heterocycles. The number of hydrogen-bond donors (Lipinski definition) is 1. The number of nitrogens with one attached hydrogen (secondary N) is 1. The number of rotatable bonds is 4. The Balaban J connectivity index is 1.79. The molecule has 3 nitrogen and oxygen atoms in total. The largest absolute Gasteiger partial charge is 0.379 e. The van der Waals surface area contributed by atoms with Crippen molar-refractivity contribution in [2.75, 3.05) is 26.3 Å². The first kappa shape index (κ1) is 12.8. The zero-order chi connectivity index (χ0) is 12.1. The van der Waals surface area contributed by atoms with E-state index in [9.17, 15) is 0 Å². The summed E-state index contributed by atoms with van der Waals surface area (Å²) in [5, 5.41) is 3.03. The molecule has 4 heteroatoms. The summed E-state index contributed by atoms with van der Waals surface area (Å²) in [7, 11) is 0. The Morgan fingerprint density at radius 1 is 1.29 bits per heavy atom. The van der Waals surface area contributed by atoms with Crippen LogP contribution in [0.1, 0.15) is 12.5 Å². The molecule has 1 saturated heterocycles. The smallest absolute Gasteiger partial charge is 0.0608 e. The lowest BCUT2D eigenvalue weighted by molar-refractivity contribution is 0.00511. The normalized spacial score (nSPS) is 19.2. The molecule has 1 atom stereocenters. The number of nitrogens with zero attached hydrogens (tertiary/aromatic N) is 1. The molecule has 2 rings (SSSR count). The van der Waals surface area contributed by atoms with Crippen molar-refractivity contribution in [1.82, 2.24) is 10.4 Å². The van der Waals surface area contributed by atoms with E-state index >= 15 is 0 Å². The van der Waals surface area contributed by atoms with Crippen LogP contribution in [0, 0.1) is 0 Å². The fourth-order valence-corrected chi connectivity index (χ4v) is 2.15. The number of morpholine rings is 1. The van der Waals surface area contributed by atoms with Gasteiger partial charge in [-0.15, -0.1) is 0 Å². The molecule has 17 heavy (non-hydrogen) atoms. The number of ether oxygens (including phenoxy) is 1. The Bertz CT molecular complexity index is 336. The summed E-state index contributed by atoms with van der Waals surface area (Å²) in [4.78, 5) is 0. The summed E-state index contributed by atoms with van der Waals surface area (Å²) in [5.74, 6) is 0. The minimum absolute atomic E-state index is 0.425. The number of benzene rings is 1. The molecular formula is C13H19ClN2O. The highest BCUT2D eigenvalue weighted by atomic mass is 35.5. The minimum Gasteiger partial charge on any atom is -0.379 e. The van der Waals surface area contributed by atoms with Gasteiger partial charge in [0.05, 0.1) is 13.2 Å². The third-order valence-electron chi connectivity index (χ3n) is 2.87. The minimum atomic E-state index is 0.425. The van der Waals surface area contributed by atoms with Gasteiger partial charge in [0, 0.05) is 24.2 Å². The maximum atomic E-state index is 5.87. The molecule has 0 saturated carbocycles. The lowest BCUT2D eigenvalue weighted by atomic mass is 10.1. The van der Waals surface area contributed by atoms with E-state index in [2.05, 4.69) is 29.5 Å². The molecule has 0 spiro atoms. The Hall–Kier alpha value is -0.610. The van der Waals surface area contributed by atoms with Gasteiger partial charge < -0.3 is 4.74 Å². The van der Waals surface area contributed by atoms with E-state index in [1.807, 2.05) is 12.1 Å². The van der Waals surface area contributed by atoms with E-state index in [-0.39, 0.29) is 0 Å². The molecule has 0 radical (unpaired) electrons. The van der Waals surface area contributed by atoms with Crippen molar-refractivity contribution in [2.45, 2.75) is 19.4 Å². The third kappa shape index (κ3) is 4.28. The van der Waals surface area contributed by atoms with Gasteiger partial charge in [0.25, 0.3) is 0 Å². The Morgan fingerprint density at radius 2 is 1.94 bits per heavy atom. The molecular weight excluding hydrogens is 236 g/mol. The van der Waals surface area contributed by atoms with E-state index in [1.54, 1.807) is 0 Å². The van der Waals surface area contributed by atoms with E-state index in [0.717, 1.165) is 37.7 Å². The lowest BCUT2D eigenvalue weighted by Gasteiger charge is -2.30. The molecule has 1 unspecified atom stereocenters. The quantitative estimate of drug-likeness (QED) is 0.891. The maximum Gasteiger partial charge on any atom is 0.0608 e. The van der Waals surface area contributed by atoms with Crippen LogP contribution in [0.5, 0.6) is 0 Å². The van der Waals surface area contributed by atoms with Crippen molar-refractivity contribution in [3.05, 3.63) is 34.9 Å². The summed E-state index contributed by atoms with van der Waals surface area (Å²) >= 11 is 5.87. The van der Waals surface area contributed by atoms with E-state index in [4.69, 9.17) is 16.3 Å². The van der Waals surface area contributed by atoms with Crippen molar-refractivity contribution >= 4 is 11.6 Å². The van der Waals surface area contributed by atoms with Gasteiger partial charge in [-0.2, -0.15) is 0 Å². The molecule has 1 aromatic rings. The summed E-state index contributed by atoms with van der Waals surface area (Å²) < 4.78 is 5.32. The summed E-state index contributed by atoms with van der Waals surface area (Å²) in [6.07, 6.45) is 1.01. The molecule has 0 aliphatic carbocycles. The van der Waals surface area contributed by atoms with E-state index < -0.39 is 0 Å². The molecule has 1 aliphatic rings. The third-order valence-corrected chi connectivity index (χ3v) is 3.12. The Kier molecular flexibility index (Phi) is 4.80. The van der Waals surface area contributed by atoms with Crippen LogP contribution in [0.2, 0.25) is 5.02 Å². The van der Waals surface area contributed by atoms with Gasteiger partial charge in [0.2, 0.25) is 0 Å². The Morgan fingerprint density at radius 3 is 2.59 bits per heavy atom. The number of hydrogen-bond acceptors (Lipinski definition) is 3. The fourth-order valence-electron chi connectivity index (χ4n) is 2.02. The molecule has 0 aromatic heterocycles. The topological polar surface area (TPSA) is 24.5 Å². The van der Waals surface area contributed by atoms with Crippen LogP contribution in [0.4, 0.5) is 0 Å². The molecule has 94 valence electrons. The van der Waals surface area contributed by atoms with Crippen LogP contribution in [0.3, 0.4) is 0 Å². The van der Waals surface area contributed by atoms with E-state index in [1.165, 1.54) is 5.56 Å². The van der Waals surface area contributed by atoms with E-state index in [0.29, 0.717) is 6.04 Å². The molecule has 1 fully saturated rings. The van der Waals surface area contributed by atoms with Crippen molar-refractivity contribution in [3.63, 3.8) is 0 Å². The summed E-state index contributed by atoms with van der Waals surface area (Å²) in [6.45, 7) is 5.77. The second kappa shape index (κ2) is 6.36. The van der Waals surface area contributed by atoms with Crippen LogP contribution in [0.25, 0.3) is 0 Å². The van der Waals surface area contributed by atoms with Gasteiger partial charge >= 0.3 is 0 Å². The van der Waals surface area contributed by atoms with Crippen molar-refractivity contribution in [3.8, 4) is 0 Å². The van der Waals surface area contributed by atoms with Gasteiger partial charge in [-0.3, -0.25) is 5.43 Å². The summed E-state index contributed by atoms with van der Waals surface area (Å²) in [5.41, 5.74) is 4.81. The average molecular weight is 255 g/mol. The summed E-state index contributed by atoms with van der Waals surface area (Å²) in [6, 6.07) is 8.48. The van der Waals surface area contributed by atoms with Crippen LogP contribution in [-0.4, -0.2) is 37.4 Å². The first-order chi connectivity index (χ1) is 8.24. The van der Waals surface area contributed by atoms with Gasteiger partial charge in [-0.1, -0.05) is 23.7 Å². The van der Waals surface area contributed by atoms with Gasteiger partial charge in [0.15, 0.2) is 0 Å². The monoisotopic (exact) mass is 254 g/mol. The van der Waals surface area contributed by atoms with Gasteiger partial charge in [-0.25, -0.2) is 5.01 Å². The van der Waals surface area contributed by atoms with Crippen molar-refractivity contribution in [1.29, 1.82) is 0 Å². The van der Waals surface area contributed by atoms with Gasteiger partial charge in [-0.05, 0) is 31.0 Å². The van der Waals surface area contributed by atoms with Crippen molar-refractivity contribution < 1.29 is 4.74 Å². The van der Waals surface area contributed by atoms with Crippen LogP contribution < -0.4 is 5.43 Å². The molecule has 1 N–H and O–H groups in total. The number of hydrazine groups is 1. The molecule has 1 heterocycles. The zero-order valence-corrected chi connectivity index (χ0v) is 10.9. The lowest BCUT2D eigenvalue weighted by Crippen LogP contribution is -2.49. The fraction of sp³-hybridized carbons (Fsp3) is 0.538.